The number of methoxy groups -OCH3 is 1. The normalized spacial score (nSPS) is 12.6. The van der Waals surface area contributed by atoms with E-state index in [2.05, 4.69) is 15.4 Å². The molecule has 158 valence electrons. The largest absolute Gasteiger partial charge is 0.497 e. The third-order valence-corrected chi connectivity index (χ3v) is 4.40. The van der Waals surface area contributed by atoms with Gasteiger partial charge in [-0.1, -0.05) is 6.92 Å². The Morgan fingerprint density at radius 1 is 1.27 bits per heavy atom. The van der Waals surface area contributed by atoms with E-state index in [1.807, 2.05) is 0 Å². The zero-order chi connectivity index (χ0) is 22.1. The van der Waals surface area contributed by atoms with Gasteiger partial charge in [0.2, 0.25) is 0 Å². The average molecular weight is 422 g/mol. The molecule has 0 unspecified atom stereocenters. The van der Waals surface area contributed by atoms with E-state index in [4.69, 9.17) is 9.84 Å². The first-order valence-electron chi connectivity index (χ1n) is 8.79. The number of rotatable bonds is 6. The van der Waals surface area contributed by atoms with Crippen LogP contribution in [0.2, 0.25) is 0 Å². The molecule has 0 aliphatic rings. The first-order valence-corrected chi connectivity index (χ1v) is 8.79. The van der Waals surface area contributed by atoms with Crippen LogP contribution in [0.3, 0.4) is 0 Å². The van der Waals surface area contributed by atoms with Crippen LogP contribution in [0, 0.1) is 0 Å². The Labute approximate surface area is 168 Å². The van der Waals surface area contributed by atoms with Crippen molar-refractivity contribution in [3.05, 3.63) is 47.8 Å². The van der Waals surface area contributed by atoms with E-state index in [0.717, 1.165) is 12.3 Å². The number of carboxylic acids is 1. The summed E-state index contributed by atoms with van der Waals surface area (Å²) in [5, 5.41) is 15.0. The van der Waals surface area contributed by atoms with Gasteiger partial charge in [-0.05, 0) is 36.8 Å². The van der Waals surface area contributed by atoms with Crippen molar-refractivity contribution < 1.29 is 32.6 Å². The van der Waals surface area contributed by atoms with Gasteiger partial charge < -0.3 is 15.2 Å². The second-order valence-corrected chi connectivity index (χ2v) is 6.32. The number of nitrogens with one attached hydrogen (secondary N) is 1. The minimum Gasteiger partial charge on any atom is -0.497 e. The number of carbonyl (C=O) groups excluding carboxylic acids is 1. The van der Waals surface area contributed by atoms with Gasteiger partial charge in [0.1, 0.15) is 17.4 Å². The summed E-state index contributed by atoms with van der Waals surface area (Å²) in [4.78, 5) is 27.9. The van der Waals surface area contributed by atoms with Crippen molar-refractivity contribution in [2.45, 2.75) is 25.6 Å². The van der Waals surface area contributed by atoms with E-state index in [0.29, 0.717) is 15.8 Å². The predicted molar refractivity (Wildman–Crippen MR) is 99.2 cm³/mol. The second kappa shape index (κ2) is 8.01. The average Bonchev–Trinajstić information content (AvgIpc) is 3.14. The quantitative estimate of drug-likeness (QED) is 0.633. The van der Waals surface area contributed by atoms with Crippen LogP contribution in [0.5, 0.6) is 5.75 Å². The molecule has 11 heteroatoms. The fourth-order valence-corrected chi connectivity index (χ4v) is 2.81. The SMILES string of the molecule is CC[C@H](NC(=O)c1cnn2c(C(F)(F)F)cc(-c3ccc(OC)cc3)nc12)C(=O)O. The Morgan fingerprint density at radius 3 is 2.47 bits per heavy atom. The van der Waals surface area contributed by atoms with Gasteiger partial charge >= 0.3 is 12.1 Å². The zero-order valence-electron chi connectivity index (χ0n) is 15.9. The van der Waals surface area contributed by atoms with Crippen LogP contribution in [0.4, 0.5) is 13.2 Å². The van der Waals surface area contributed by atoms with E-state index in [-0.39, 0.29) is 23.3 Å². The summed E-state index contributed by atoms with van der Waals surface area (Å²) in [6, 6.07) is 5.83. The molecule has 1 aromatic carbocycles. The van der Waals surface area contributed by atoms with E-state index in [9.17, 15) is 22.8 Å². The number of benzene rings is 1. The number of aliphatic carboxylic acids is 1. The Balaban J connectivity index is 2.14. The Hall–Kier alpha value is -3.63. The van der Waals surface area contributed by atoms with Crippen LogP contribution in [0.25, 0.3) is 16.9 Å². The van der Waals surface area contributed by atoms with Crippen LogP contribution in [0.1, 0.15) is 29.4 Å². The number of nitrogens with zero attached hydrogens (tertiary/aromatic N) is 3. The number of halogens is 3. The molecule has 3 aromatic rings. The Morgan fingerprint density at radius 2 is 1.93 bits per heavy atom. The van der Waals surface area contributed by atoms with Crippen LogP contribution >= 0.6 is 0 Å². The van der Waals surface area contributed by atoms with Gasteiger partial charge in [-0.15, -0.1) is 0 Å². The maximum absolute atomic E-state index is 13.6. The van der Waals surface area contributed by atoms with Crippen molar-refractivity contribution in [2.24, 2.45) is 0 Å². The molecule has 0 saturated heterocycles. The molecule has 0 spiro atoms. The molecule has 0 radical (unpaired) electrons. The van der Waals surface area contributed by atoms with Gasteiger partial charge in [-0.25, -0.2) is 14.3 Å². The summed E-state index contributed by atoms with van der Waals surface area (Å²) in [5.74, 6) is -1.63. The molecule has 2 N–H and O–H groups in total. The molecule has 3 rings (SSSR count). The number of aromatic nitrogens is 3. The van der Waals surface area contributed by atoms with Crippen molar-refractivity contribution in [1.82, 2.24) is 19.9 Å². The first kappa shape index (κ1) is 21.1. The molecular formula is C19H17F3N4O4. The molecule has 0 fully saturated rings. The second-order valence-electron chi connectivity index (χ2n) is 6.32. The molecule has 30 heavy (non-hydrogen) atoms. The van der Waals surface area contributed by atoms with Crippen LogP contribution in [-0.2, 0) is 11.0 Å². The molecular weight excluding hydrogens is 405 g/mol. The highest BCUT2D eigenvalue weighted by Crippen LogP contribution is 2.33. The number of amides is 1. The minimum atomic E-state index is -4.77. The van der Waals surface area contributed by atoms with Crippen molar-refractivity contribution in [2.75, 3.05) is 7.11 Å². The Kier molecular flexibility index (Phi) is 5.63. The maximum atomic E-state index is 13.6. The molecule has 1 atom stereocenters. The molecule has 0 bridgehead atoms. The monoisotopic (exact) mass is 422 g/mol. The van der Waals surface area contributed by atoms with E-state index in [1.165, 1.54) is 19.2 Å². The number of carbonyl (C=O) groups is 2. The van der Waals surface area contributed by atoms with Gasteiger partial charge in [0.15, 0.2) is 11.3 Å². The predicted octanol–water partition coefficient (Wildman–Crippen LogP) is 3.02. The van der Waals surface area contributed by atoms with Crippen molar-refractivity contribution >= 4 is 17.5 Å². The summed E-state index contributed by atoms with van der Waals surface area (Å²) in [6.07, 6.45) is -3.74. The number of alkyl halides is 3. The summed E-state index contributed by atoms with van der Waals surface area (Å²) >= 11 is 0. The lowest BCUT2D eigenvalue weighted by Gasteiger charge is -2.13. The smallest absolute Gasteiger partial charge is 0.433 e. The molecule has 8 nitrogen and oxygen atoms in total. The number of fused-ring (bicyclic) bond motifs is 1. The molecule has 0 aliphatic carbocycles. The van der Waals surface area contributed by atoms with Gasteiger partial charge in [-0.3, -0.25) is 4.79 Å². The molecule has 2 heterocycles. The standard InChI is InChI=1S/C19H17F3N4O4/c1-3-13(18(28)29)25-17(27)12-9-23-26-15(19(20,21)22)8-14(24-16(12)26)10-4-6-11(30-2)7-5-10/h4-9,13H,3H2,1-2H3,(H,25,27)(H,28,29)/t13-/m0/s1. The van der Waals surface area contributed by atoms with E-state index >= 15 is 0 Å². The van der Waals surface area contributed by atoms with Gasteiger partial charge in [0, 0.05) is 5.56 Å². The van der Waals surface area contributed by atoms with Crippen LogP contribution < -0.4 is 10.1 Å². The summed E-state index contributed by atoms with van der Waals surface area (Å²) < 4.78 is 46.4. The lowest BCUT2D eigenvalue weighted by Crippen LogP contribution is -2.40. The highest BCUT2D eigenvalue weighted by Gasteiger charge is 2.36. The zero-order valence-corrected chi connectivity index (χ0v) is 15.9. The van der Waals surface area contributed by atoms with Crippen LogP contribution in [0.15, 0.2) is 36.5 Å². The van der Waals surface area contributed by atoms with Gasteiger partial charge in [-0.2, -0.15) is 18.3 Å². The molecule has 2 aromatic heterocycles. The highest BCUT2D eigenvalue weighted by atomic mass is 19.4. The number of carboxylic acid groups (broad SMARTS) is 1. The summed E-state index contributed by atoms with van der Waals surface area (Å²) in [5.41, 5.74) is -1.39. The van der Waals surface area contributed by atoms with Crippen molar-refractivity contribution in [3.8, 4) is 17.0 Å². The molecule has 0 saturated carbocycles. The lowest BCUT2D eigenvalue weighted by molar-refractivity contribution is -0.142. The van der Waals surface area contributed by atoms with Gasteiger partial charge in [0.25, 0.3) is 5.91 Å². The third kappa shape index (κ3) is 4.04. The van der Waals surface area contributed by atoms with E-state index in [1.54, 1.807) is 19.1 Å². The summed E-state index contributed by atoms with van der Waals surface area (Å²) in [6.45, 7) is 1.55. The van der Waals surface area contributed by atoms with E-state index < -0.39 is 29.8 Å². The first-order chi connectivity index (χ1) is 14.2. The van der Waals surface area contributed by atoms with Crippen LogP contribution in [-0.4, -0.2) is 44.7 Å². The topological polar surface area (TPSA) is 106 Å². The number of ether oxygens (including phenoxy) is 1. The summed E-state index contributed by atoms with van der Waals surface area (Å²) in [7, 11) is 1.46. The molecule has 0 aliphatic heterocycles. The Bertz CT molecular complexity index is 1090. The molecule has 1 amide bonds. The number of hydrogen-bond donors (Lipinski definition) is 2. The maximum Gasteiger partial charge on any atom is 0.433 e. The van der Waals surface area contributed by atoms with Crippen molar-refractivity contribution in [1.29, 1.82) is 0 Å². The lowest BCUT2D eigenvalue weighted by atomic mass is 10.1. The minimum absolute atomic E-state index is 0.0303. The fourth-order valence-electron chi connectivity index (χ4n) is 2.81. The fraction of sp³-hybridized carbons (Fsp3) is 0.263. The number of hydrogen-bond acceptors (Lipinski definition) is 5. The van der Waals surface area contributed by atoms with Crippen molar-refractivity contribution in [3.63, 3.8) is 0 Å². The van der Waals surface area contributed by atoms with Gasteiger partial charge in [0.05, 0.1) is 19.0 Å². The third-order valence-electron chi connectivity index (χ3n) is 4.40. The highest BCUT2D eigenvalue weighted by molar-refractivity contribution is 6.01.